The van der Waals surface area contributed by atoms with Gasteiger partial charge in [-0.3, -0.25) is 14.8 Å². The fourth-order valence-electron chi connectivity index (χ4n) is 1.29. The van der Waals surface area contributed by atoms with Crippen LogP contribution in [0.5, 0.6) is 0 Å². The second kappa shape index (κ2) is 4.88. The Hall–Kier alpha value is -1.43. The summed E-state index contributed by atoms with van der Waals surface area (Å²) in [6.45, 7) is 4.14. The summed E-state index contributed by atoms with van der Waals surface area (Å²) >= 11 is 0. The highest BCUT2D eigenvalue weighted by Gasteiger charge is 2.20. The van der Waals surface area contributed by atoms with E-state index >= 15 is 0 Å². The summed E-state index contributed by atoms with van der Waals surface area (Å²) in [5.74, 6) is -0.0789. The van der Waals surface area contributed by atoms with Gasteiger partial charge in [0.15, 0.2) is 0 Å². The van der Waals surface area contributed by atoms with Crippen molar-refractivity contribution in [3.8, 4) is 0 Å². The standard InChI is InChI=1S/C9H16N4O2/c1-6(2)8(9(14)15)10-4-7-11-5-12-13(7)3/h5-6,8,10H,4H2,1-3H3,(H,14,15). The van der Waals surface area contributed by atoms with Crippen LogP contribution in [0.25, 0.3) is 0 Å². The topological polar surface area (TPSA) is 80.0 Å². The summed E-state index contributed by atoms with van der Waals surface area (Å²) in [5.41, 5.74) is 0. The minimum absolute atomic E-state index is 0.0377. The van der Waals surface area contributed by atoms with Crippen molar-refractivity contribution < 1.29 is 9.90 Å². The zero-order chi connectivity index (χ0) is 11.4. The molecule has 84 valence electrons. The first-order chi connectivity index (χ1) is 7.02. The molecule has 0 bridgehead atoms. The summed E-state index contributed by atoms with van der Waals surface area (Å²) in [5, 5.41) is 15.8. The number of carboxylic acid groups (broad SMARTS) is 1. The molecular weight excluding hydrogens is 196 g/mol. The lowest BCUT2D eigenvalue weighted by Gasteiger charge is -2.17. The summed E-state index contributed by atoms with van der Waals surface area (Å²) in [6, 6.07) is -0.554. The average molecular weight is 212 g/mol. The van der Waals surface area contributed by atoms with Crippen molar-refractivity contribution in [2.75, 3.05) is 0 Å². The third-order valence-electron chi connectivity index (χ3n) is 2.22. The lowest BCUT2D eigenvalue weighted by Crippen LogP contribution is -2.40. The number of nitrogens with zero attached hydrogens (tertiary/aromatic N) is 3. The normalized spacial score (nSPS) is 13.1. The van der Waals surface area contributed by atoms with Gasteiger partial charge in [-0.05, 0) is 5.92 Å². The highest BCUT2D eigenvalue weighted by atomic mass is 16.4. The minimum atomic E-state index is -0.841. The number of aromatic nitrogens is 3. The van der Waals surface area contributed by atoms with Crippen LogP contribution in [-0.4, -0.2) is 31.9 Å². The Morgan fingerprint density at radius 2 is 2.33 bits per heavy atom. The van der Waals surface area contributed by atoms with E-state index in [9.17, 15) is 4.79 Å². The maximum Gasteiger partial charge on any atom is 0.320 e. The molecule has 0 saturated heterocycles. The van der Waals surface area contributed by atoms with Crippen molar-refractivity contribution in [1.29, 1.82) is 0 Å². The molecule has 0 radical (unpaired) electrons. The van der Waals surface area contributed by atoms with Crippen LogP contribution in [0.15, 0.2) is 6.33 Å². The Labute approximate surface area is 88.3 Å². The molecule has 0 amide bonds. The predicted octanol–water partition coefficient (Wildman–Crippen LogP) is 0.0139. The zero-order valence-electron chi connectivity index (χ0n) is 9.14. The van der Waals surface area contributed by atoms with Crippen molar-refractivity contribution in [2.45, 2.75) is 26.4 Å². The Morgan fingerprint density at radius 3 is 2.73 bits per heavy atom. The van der Waals surface area contributed by atoms with Crippen molar-refractivity contribution >= 4 is 5.97 Å². The van der Waals surface area contributed by atoms with Crippen molar-refractivity contribution in [2.24, 2.45) is 13.0 Å². The van der Waals surface area contributed by atoms with E-state index in [4.69, 9.17) is 5.11 Å². The van der Waals surface area contributed by atoms with Gasteiger partial charge in [0.1, 0.15) is 18.2 Å². The van der Waals surface area contributed by atoms with E-state index in [1.54, 1.807) is 11.7 Å². The van der Waals surface area contributed by atoms with E-state index < -0.39 is 12.0 Å². The van der Waals surface area contributed by atoms with Gasteiger partial charge in [0, 0.05) is 7.05 Å². The predicted molar refractivity (Wildman–Crippen MR) is 54.1 cm³/mol. The monoisotopic (exact) mass is 212 g/mol. The van der Waals surface area contributed by atoms with Crippen LogP contribution >= 0.6 is 0 Å². The fourth-order valence-corrected chi connectivity index (χ4v) is 1.29. The first-order valence-corrected chi connectivity index (χ1v) is 4.81. The van der Waals surface area contributed by atoms with Gasteiger partial charge in [-0.1, -0.05) is 13.8 Å². The van der Waals surface area contributed by atoms with Crippen LogP contribution in [0.1, 0.15) is 19.7 Å². The second-order valence-electron chi connectivity index (χ2n) is 3.74. The Bertz CT molecular complexity index is 335. The summed E-state index contributed by atoms with van der Waals surface area (Å²) in [4.78, 5) is 14.9. The molecule has 0 fully saturated rings. The van der Waals surface area contributed by atoms with Crippen LogP contribution in [0.3, 0.4) is 0 Å². The SMILES string of the molecule is CC(C)C(NCc1ncnn1C)C(=O)O. The minimum Gasteiger partial charge on any atom is -0.480 e. The van der Waals surface area contributed by atoms with Crippen LogP contribution in [-0.2, 0) is 18.4 Å². The van der Waals surface area contributed by atoms with E-state index in [2.05, 4.69) is 15.4 Å². The largest absolute Gasteiger partial charge is 0.480 e. The molecule has 1 atom stereocenters. The summed E-state index contributed by atoms with van der Waals surface area (Å²) in [6.07, 6.45) is 1.45. The van der Waals surface area contributed by atoms with Gasteiger partial charge >= 0.3 is 5.97 Å². The molecule has 0 aliphatic carbocycles. The zero-order valence-corrected chi connectivity index (χ0v) is 9.14. The van der Waals surface area contributed by atoms with Crippen LogP contribution in [0.4, 0.5) is 0 Å². The number of nitrogens with one attached hydrogen (secondary N) is 1. The van der Waals surface area contributed by atoms with Gasteiger partial charge in [0.05, 0.1) is 6.54 Å². The van der Waals surface area contributed by atoms with Gasteiger partial charge in [0.2, 0.25) is 0 Å². The highest BCUT2D eigenvalue weighted by Crippen LogP contribution is 2.02. The number of aliphatic carboxylic acids is 1. The van der Waals surface area contributed by atoms with Gasteiger partial charge in [0.25, 0.3) is 0 Å². The van der Waals surface area contributed by atoms with E-state index in [0.29, 0.717) is 6.54 Å². The van der Waals surface area contributed by atoms with E-state index in [1.165, 1.54) is 6.33 Å². The number of aryl methyl sites for hydroxylation is 1. The lowest BCUT2D eigenvalue weighted by atomic mass is 10.1. The van der Waals surface area contributed by atoms with Crippen molar-refractivity contribution in [3.05, 3.63) is 12.2 Å². The molecular formula is C9H16N4O2. The number of carbonyl (C=O) groups is 1. The van der Waals surface area contributed by atoms with Crippen LogP contribution in [0.2, 0.25) is 0 Å². The number of rotatable bonds is 5. The average Bonchev–Trinajstić information content (AvgIpc) is 2.51. The Morgan fingerprint density at radius 1 is 1.67 bits per heavy atom. The number of carboxylic acids is 1. The molecule has 1 aromatic heterocycles. The third kappa shape index (κ3) is 3.02. The summed E-state index contributed by atoms with van der Waals surface area (Å²) < 4.78 is 1.62. The molecule has 1 aromatic rings. The molecule has 15 heavy (non-hydrogen) atoms. The van der Waals surface area contributed by atoms with Crippen LogP contribution in [0, 0.1) is 5.92 Å². The molecule has 1 heterocycles. The number of hydrogen-bond acceptors (Lipinski definition) is 4. The summed E-state index contributed by atoms with van der Waals surface area (Å²) in [7, 11) is 1.77. The van der Waals surface area contributed by atoms with Crippen molar-refractivity contribution in [3.63, 3.8) is 0 Å². The number of hydrogen-bond donors (Lipinski definition) is 2. The molecule has 0 aliphatic heterocycles. The lowest BCUT2D eigenvalue weighted by molar-refractivity contribution is -0.140. The molecule has 1 unspecified atom stereocenters. The molecule has 0 aromatic carbocycles. The maximum absolute atomic E-state index is 10.9. The van der Waals surface area contributed by atoms with Gasteiger partial charge in [-0.15, -0.1) is 0 Å². The smallest absolute Gasteiger partial charge is 0.320 e. The first kappa shape index (κ1) is 11.6. The van der Waals surface area contributed by atoms with Gasteiger partial charge in [-0.25, -0.2) is 4.98 Å². The van der Waals surface area contributed by atoms with E-state index in [0.717, 1.165) is 5.82 Å². The maximum atomic E-state index is 10.9. The van der Waals surface area contributed by atoms with Gasteiger partial charge in [-0.2, -0.15) is 5.10 Å². The molecule has 0 spiro atoms. The van der Waals surface area contributed by atoms with Gasteiger partial charge < -0.3 is 5.11 Å². The highest BCUT2D eigenvalue weighted by molar-refractivity contribution is 5.73. The van der Waals surface area contributed by atoms with Crippen LogP contribution < -0.4 is 5.32 Å². The first-order valence-electron chi connectivity index (χ1n) is 4.81. The second-order valence-corrected chi connectivity index (χ2v) is 3.74. The molecule has 0 saturated carbocycles. The fraction of sp³-hybridized carbons (Fsp3) is 0.667. The Kier molecular flexibility index (Phi) is 3.79. The Balaban J connectivity index is 2.55. The molecule has 0 aliphatic rings. The molecule has 1 rings (SSSR count). The molecule has 6 nitrogen and oxygen atoms in total. The molecule has 6 heteroatoms. The molecule has 2 N–H and O–H groups in total. The van der Waals surface area contributed by atoms with E-state index in [-0.39, 0.29) is 5.92 Å². The third-order valence-corrected chi connectivity index (χ3v) is 2.22. The quantitative estimate of drug-likeness (QED) is 0.719. The van der Waals surface area contributed by atoms with E-state index in [1.807, 2.05) is 13.8 Å². The van der Waals surface area contributed by atoms with Crippen molar-refractivity contribution in [1.82, 2.24) is 20.1 Å².